The molecule has 2 atom stereocenters. The molecule has 2 aromatic rings. The summed E-state index contributed by atoms with van der Waals surface area (Å²) in [5, 5.41) is 12.3. The fraction of sp³-hybridized carbons (Fsp3) is 0.350. The van der Waals surface area contributed by atoms with Gasteiger partial charge in [-0.1, -0.05) is 6.08 Å². The van der Waals surface area contributed by atoms with Gasteiger partial charge >= 0.3 is 6.09 Å². The van der Waals surface area contributed by atoms with Gasteiger partial charge in [0.2, 0.25) is 0 Å². The number of amides is 2. The first-order valence-electron chi connectivity index (χ1n) is 9.84. The normalized spacial score (nSPS) is 22.6. The zero-order valence-electron chi connectivity index (χ0n) is 17.1. The molecular weight excluding hydrogens is 464 g/mol. The molecule has 13 heteroatoms. The third-order valence-corrected chi connectivity index (χ3v) is 7.11. The molecule has 1 fully saturated rings. The third kappa shape index (κ3) is 5.03. The summed E-state index contributed by atoms with van der Waals surface area (Å²) in [6.07, 6.45) is 1.27. The number of hydrogen-bond acceptors (Lipinski definition) is 8. The third-order valence-electron chi connectivity index (χ3n) is 5.05. The summed E-state index contributed by atoms with van der Waals surface area (Å²) in [5.74, 6) is -2.73. The van der Waals surface area contributed by atoms with Crippen molar-refractivity contribution in [2.45, 2.75) is 12.5 Å². The van der Waals surface area contributed by atoms with Gasteiger partial charge in [-0.05, 0) is 29.3 Å². The van der Waals surface area contributed by atoms with Crippen LogP contribution in [0.3, 0.4) is 0 Å². The van der Waals surface area contributed by atoms with E-state index in [9.17, 15) is 22.6 Å². The van der Waals surface area contributed by atoms with Crippen LogP contribution in [-0.4, -0.2) is 63.8 Å². The molecule has 1 aromatic heterocycles. The minimum atomic E-state index is -2.92. The van der Waals surface area contributed by atoms with Gasteiger partial charge in [0.1, 0.15) is 31.1 Å². The Labute approximate surface area is 186 Å². The van der Waals surface area contributed by atoms with Crippen molar-refractivity contribution in [1.29, 1.82) is 0 Å². The molecule has 1 unspecified atom stereocenters. The molecule has 1 N–H and O–H groups in total. The standard InChI is InChI=1S/C20H19F2N3O7S/c21-15-7-13(25-9-14(32-20(25)28)11-30-18-1-4-31-23-18)8-16(22)19(15)12-2-5-33(29,6-3-12)24-17(27)10-26/h1-2,4,7-8,14,26H,3,5-6,9-11H2/t14-,33?/m0/s1. The molecule has 0 saturated carbocycles. The Balaban J connectivity index is 1.49. The second-order valence-corrected chi connectivity index (χ2v) is 9.78. The molecule has 2 amide bonds. The largest absolute Gasteiger partial charge is 0.471 e. The van der Waals surface area contributed by atoms with E-state index in [1.54, 1.807) is 0 Å². The van der Waals surface area contributed by atoms with Crippen LogP contribution in [-0.2, 0) is 19.3 Å². The van der Waals surface area contributed by atoms with E-state index in [0.29, 0.717) is 0 Å². The van der Waals surface area contributed by atoms with E-state index in [1.165, 1.54) is 18.4 Å². The molecular formula is C20H19F2N3O7S. The van der Waals surface area contributed by atoms with Crippen LogP contribution in [0, 0.1) is 11.6 Å². The Bertz CT molecular complexity index is 1200. The molecule has 2 aliphatic rings. The number of halogens is 2. The van der Waals surface area contributed by atoms with Crippen molar-refractivity contribution < 1.29 is 41.7 Å². The Morgan fingerprint density at radius 3 is 2.73 bits per heavy atom. The van der Waals surface area contributed by atoms with Crippen LogP contribution < -0.4 is 9.64 Å². The number of nitrogens with zero attached hydrogens (tertiary/aromatic N) is 3. The summed E-state index contributed by atoms with van der Waals surface area (Å²) in [4.78, 5) is 24.6. The van der Waals surface area contributed by atoms with Crippen molar-refractivity contribution in [2.24, 2.45) is 4.36 Å². The SMILES string of the molecule is O=C(CO)N=S1(=O)CC=C(c2c(F)cc(N3C[C@@H](COc4ccon4)OC3=O)cc2F)CC1. The van der Waals surface area contributed by atoms with Crippen molar-refractivity contribution in [3.8, 4) is 5.88 Å². The fourth-order valence-corrected chi connectivity index (χ4v) is 5.27. The van der Waals surface area contributed by atoms with Crippen molar-refractivity contribution in [3.63, 3.8) is 0 Å². The lowest BCUT2D eigenvalue weighted by atomic mass is 10.0. The first kappa shape index (κ1) is 22.9. The number of hydrogen-bond donors (Lipinski definition) is 1. The average Bonchev–Trinajstić information content (AvgIpc) is 3.42. The number of aromatic nitrogens is 1. The van der Waals surface area contributed by atoms with Gasteiger partial charge in [-0.15, -0.1) is 0 Å². The number of carbonyl (C=O) groups excluding carboxylic acids is 2. The van der Waals surface area contributed by atoms with E-state index < -0.39 is 46.1 Å². The number of benzene rings is 1. The molecule has 33 heavy (non-hydrogen) atoms. The molecule has 1 aromatic carbocycles. The highest BCUT2D eigenvalue weighted by Gasteiger charge is 2.34. The molecule has 10 nitrogen and oxygen atoms in total. The quantitative estimate of drug-likeness (QED) is 0.661. The maximum Gasteiger partial charge on any atom is 0.414 e. The van der Waals surface area contributed by atoms with E-state index in [0.717, 1.165) is 17.0 Å². The van der Waals surface area contributed by atoms with Gasteiger partial charge in [-0.2, -0.15) is 4.36 Å². The summed E-state index contributed by atoms with van der Waals surface area (Å²) >= 11 is 0. The van der Waals surface area contributed by atoms with Gasteiger partial charge in [0.05, 0.1) is 27.7 Å². The van der Waals surface area contributed by atoms with Gasteiger partial charge in [0.25, 0.3) is 11.8 Å². The highest BCUT2D eigenvalue weighted by molar-refractivity contribution is 7.94. The predicted octanol–water partition coefficient (Wildman–Crippen LogP) is 2.13. The molecule has 4 rings (SSSR count). The van der Waals surface area contributed by atoms with Crippen molar-refractivity contribution >= 4 is 33.0 Å². The lowest BCUT2D eigenvalue weighted by molar-refractivity contribution is -0.120. The Morgan fingerprint density at radius 2 is 2.12 bits per heavy atom. The van der Waals surface area contributed by atoms with E-state index in [2.05, 4.69) is 14.0 Å². The van der Waals surface area contributed by atoms with Crippen LogP contribution in [0.25, 0.3) is 5.57 Å². The smallest absolute Gasteiger partial charge is 0.414 e. The molecule has 3 heterocycles. The highest BCUT2D eigenvalue weighted by atomic mass is 32.2. The van der Waals surface area contributed by atoms with Gasteiger partial charge in [0.15, 0.2) is 6.10 Å². The number of carbonyl (C=O) groups is 2. The molecule has 0 radical (unpaired) electrons. The first-order chi connectivity index (χ1) is 15.8. The maximum atomic E-state index is 14.9. The minimum absolute atomic E-state index is 0.0139. The van der Waals surface area contributed by atoms with E-state index >= 15 is 0 Å². The van der Waals surface area contributed by atoms with E-state index in [4.69, 9.17) is 14.6 Å². The number of anilines is 1. The number of aliphatic hydroxyl groups excluding tert-OH is 1. The summed E-state index contributed by atoms with van der Waals surface area (Å²) in [6, 6.07) is 3.52. The monoisotopic (exact) mass is 483 g/mol. The van der Waals surface area contributed by atoms with Crippen LogP contribution >= 0.6 is 0 Å². The van der Waals surface area contributed by atoms with Crippen LogP contribution in [0.15, 0.2) is 39.4 Å². The first-order valence-corrected chi connectivity index (χ1v) is 11.7. The second-order valence-electron chi connectivity index (χ2n) is 7.32. The van der Waals surface area contributed by atoms with Crippen molar-refractivity contribution in [3.05, 3.63) is 47.7 Å². The number of cyclic esters (lactones) is 1. The van der Waals surface area contributed by atoms with Crippen LogP contribution in [0.2, 0.25) is 0 Å². The van der Waals surface area contributed by atoms with Crippen LogP contribution in [0.1, 0.15) is 12.0 Å². The van der Waals surface area contributed by atoms with E-state index in [-0.39, 0.29) is 53.8 Å². The molecule has 176 valence electrons. The Morgan fingerprint density at radius 1 is 1.36 bits per heavy atom. The predicted molar refractivity (Wildman–Crippen MR) is 111 cm³/mol. The van der Waals surface area contributed by atoms with Crippen LogP contribution in [0.5, 0.6) is 5.88 Å². The lowest BCUT2D eigenvalue weighted by Gasteiger charge is -2.19. The zero-order valence-corrected chi connectivity index (χ0v) is 17.9. The second kappa shape index (κ2) is 9.27. The number of rotatable bonds is 6. The maximum absolute atomic E-state index is 14.9. The molecule has 0 spiro atoms. The Hall–Kier alpha value is -3.32. The molecule has 0 bridgehead atoms. The van der Waals surface area contributed by atoms with Gasteiger partial charge in [-0.3, -0.25) is 9.69 Å². The zero-order chi connectivity index (χ0) is 23.6. The van der Waals surface area contributed by atoms with Crippen LogP contribution in [0.4, 0.5) is 19.3 Å². The summed E-state index contributed by atoms with van der Waals surface area (Å²) in [7, 11) is -2.92. The van der Waals surface area contributed by atoms with E-state index in [1.807, 2.05) is 0 Å². The fourth-order valence-electron chi connectivity index (χ4n) is 3.51. The Kier molecular flexibility index (Phi) is 6.42. The summed E-state index contributed by atoms with van der Waals surface area (Å²) < 4.78 is 60.9. The molecule has 2 aliphatic heterocycles. The number of allylic oxidation sites excluding steroid dienone is 1. The minimum Gasteiger partial charge on any atom is -0.471 e. The molecule has 0 aliphatic carbocycles. The summed E-state index contributed by atoms with van der Waals surface area (Å²) in [6.45, 7) is -0.863. The van der Waals surface area contributed by atoms with Crippen molar-refractivity contribution in [2.75, 3.05) is 36.2 Å². The lowest BCUT2D eigenvalue weighted by Crippen LogP contribution is -2.27. The topological polar surface area (TPSA) is 132 Å². The highest BCUT2D eigenvalue weighted by Crippen LogP contribution is 2.33. The van der Waals surface area contributed by atoms with Gasteiger partial charge in [0, 0.05) is 17.4 Å². The van der Waals surface area contributed by atoms with Gasteiger partial charge < -0.3 is 19.1 Å². The number of ether oxygens (including phenoxy) is 2. The van der Waals surface area contributed by atoms with Gasteiger partial charge in [-0.25, -0.2) is 17.8 Å². The average molecular weight is 483 g/mol. The summed E-state index contributed by atoms with van der Waals surface area (Å²) in [5.41, 5.74) is -0.0383. The van der Waals surface area contributed by atoms with Crippen molar-refractivity contribution in [1.82, 2.24) is 5.16 Å². The molecule has 1 saturated heterocycles. The number of aliphatic hydroxyl groups is 1.